The molecular formula is C20H26BaN4O8S2. The Morgan fingerprint density at radius 3 is 1.60 bits per heavy atom. The zero-order valence-corrected chi connectivity index (χ0v) is 24.8. The molecule has 0 saturated carbocycles. The molecule has 6 N–H and O–H groups in total. The number of rotatable bonds is 12. The number of carbonyl (C=O) groups is 2. The fourth-order valence-corrected chi connectivity index (χ4v) is 3.46. The summed E-state index contributed by atoms with van der Waals surface area (Å²) in [7, 11) is -7.58. The molecule has 0 aliphatic rings. The molecule has 0 aliphatic heterocycles. The van der Waals surface area contributed by atoms with E-state index in [0.29, 0.717) is 31.6 Å². The third-order valence-electron chi connectivity index (χ3n) is 4.13. The van der Waals surface area contributed by atoms with Crippen LogP contribution in [0.25, 0.3) is 0 Å². The predicted octanol–water partition coefficient (Wildman–Crippen LogP) is 0.395. The van der Waals surface area contributed by atoms with E-state index in [1.165, 1.54) is 36.4 Å². The Balaban J connectivity index is 0.000000642. The number of primary sulfonamides is 1. The number of anilines is 2. The third-order valence-corrected chi connectivity index (χ3v) is 5.95. The summed E-state index contributed by atoms with van der Waals surface area (Å²) in [6, 6.07) is 11.7. The summed E-state index contributed by atoms with van der Waals surface area (Å²) in [6.45, 7) is 0.974. The van der Waals surface area contributed by atoms with E-state index in [4.69, 9.17) is 15.0 Å². The molecule has 0 aromatic heterocycles. The van der Waals surface area contributed by atoms with Crippen molar-refractivity contribution in [2.45, 2.75) is 35.5 Å². The molecule has 0 fully saturated rings. The Labute approximate surface area is 244 Å². The number of carboxylic acids is 2. The van der Waals surface area contributed by atoms with Crippen LogP contribution >= 0.6 is 0 Å². The molecule has 15 heteroatoms. The molecule has 0 radical (unpaired) electrons. The first-order valence-electron chi connectivity index (χ1n) is 9.91. The van der Waals surface area contributed by atoms with E-state index in [1.807, 2.05) is 0 Å². The first-order valence-corrected chi connectivity index (χ1v) is 12.9. The number of carbonyl (C=O) groups excluding carboxylic acids is 1. The van der Waals surface area contributed by atoms with E-state index >= 15 is 0 Å². The number of nitrogens with one attached hydrogen (secondary N) is 3. The van der Waals surface area contributed by atoms with Crippen LogP contribution in [0.3, 0.4) is 0 Å². The zero-order chi connectivity index (χ0) is 25.8. The average Bonchev–Trinajstić information content (AvgIpc) is 2.74. The predicted molar refractivity (Wildman–Crippen MR) is 128 cm³/mol. The molecule has 2 aromatic carbocycles. The molecule has 35 heavy (non-hydrogen) atoms. The van der Waals surface area contributed by atoms with Crippen LogP contribution in [-0.2, 0) is 29.6 Å². The van der Waals surface area contributed by atoms with Crippen LogP contribution in [0.5, 0.6) is 0 Å². The first-order chi connectivity index (χ1) is 15.8. The second kappa shape index (κ2) is 16.2. The Hall–Kier alpha value is -1.63. The molecule has 0 spiro atoms. The maximum atomic E-state index is 11.0. The quantitative estimate of drug-likeness (QED) is 0.157. The Bertz CT molecular complexity index is 1060. The SMILES string of the molecule is N=S(=O)([O-])c1ccc(NCCCC(=O)[O-])cc1.NS(=O)(=O)c1ccc(NCCCC(=O)O)cc1.[Ba+2]. The van der Waals surface area contributed by atoms with Gasteiger partial charge in [0.2, 0.25) is 10.0 Å². The molecule has 0 amide bonds. The van der Waals surface area contributed by atoms with Crippen LogP contribution in [-0.4, -0.2) is 96.2 Å². The smallest absolute Gasteiger partial charge is 0.760 e. The van der Waals surface area contributed by atoms with Gasteiger partial charge in [0.15, 0.2) is 0 Å². The summed E-state index contributed by atoms with van der Waals surface area (Å²) in [5, 5.41) is 29.4. The average molecular weight is 652 g/mol. The maximum absolute atomic E-state index is 11.0. The molecule has 0 aliphatic carbocycles. The van der Waals surface area contributed by atoms with E-state index in [9.17, 15) is 31.9 Å². The van der Waals surface area contributed by atoms with Gasteiger partial charge in [0.05, 0.1) is 4.90 Å². The summed E-state index contributed by atoms with van der Waals surface area (Å²) in [6.07, 6.45) is 1.02. The van der Waals surface area contributed by atoms with Crippen molar-refractivity contribution in [3.8, 4) is 0 Å². The number of sulfonamides is 1. The van der Waals surface area contributed by atoms with Crippen molar-refractivity contribution in [2.24, 2.45) is 5.14 Å². The minimum absolute atomic E-state index is 0. The normalized spacial score (nSPS) is 12.2. The number of hydrogen-bond acceptors (Lipinski definition) is 10. The fraction of sp³-hybridized carbons (Fsp3) is 0.300. The summed E-state index contributed by atoms with van der Waals surface area (Å²) in [5.41, 5.74) is 1.40. The molecule has 0 saturated heterocycles. The second-order valence-corrected chi connectivity index (χ2v) is 9.96. The van der Waals surface area contributed by atoms with Gasteiger partial charge in [0.25, 0.3) is 0 Å². The van der Waals surface area contributed by atoms with Crippen molar-refractivity contribution in [1.29, 1.82) is 4.78 Å². The number of hydrogen-bond donors (Lipinski definition) is 5. The topological polar surface area (TPSA) is 226 Å². The molecular weight excluding hydrogens is 626 g/mol. The molecule has 12 nitrogen and oxygen atoms in total. The standard InChI is InChI=1S/2C10H14N2O4S.Ba/c2*11-17(15,16)9-5-3-8(4-6-9)12-7-1-2-10(13)14;/h2*3-6,12H,1-2,7H2,(H,13,14)(H2,11,15,16);/q;;+2/p-2. The van der Waals surface area contributed by atoms with E-state index in [2.05, 4.69) is 10.6 Å². The van der Waals surface area contributed by atoms with Crippen LogP contribution < -0.4 is 20.9 Å². The van der Waals surface area contributed by atoms with Crippen molar-refractivity contribution in [3.63, 3.8) is 0 Å². The fourth-order valence-electron chi connectivity index (χ4n) is 2.45. The summed E-state index contributed by atoms with van der Waals surface area (Å²) in [4.78, 5) is 20.4. The molecule has 0 bridgehead atoms. The number of nitrogens with two attached hydrogens (primary N) is 1. The first kappa shape index (κ1) is 33.4. The van der Waals surface area contributed by atoms with E-state index in [0.717, 1.165) is 5.69 Å². The van der Waals surface area contributed by atoms with Gasteiger partial charge in [-0.2, -0.15) is 0 Å². The summed E-state index contributed by atoms with van der Waals surface area (Å²) >= 11 is 0. The van der Waals surface area contributed by atoms with Gasteiger partial charge in [-0.1, -0.05) is 0 Å². The third kappa shape index (κ3) is 15.2. The van der Waals surface area contributed by atoms with Gasteiger partial charge < -0.3 is 30.2 Å². The van der Waals surface area contributed by atoms with Crippen LogP contribution in [0, 0.1) is 4.78 Å². The molecule has 2 rings (SSSR count). The molecule has 0 heterocycles. The van der Waals surface area contributed by atoms with Crippen LogP contribution in [0.15, 0.2) is 58.3 Å². The Morgan fingerprint density at radius 1 is 0.857 bits per heavy atom. The largest absolute Gasteiger partial charge is 2.00 e. The molecule has 188 valence electrons. The zero-order valence-electron chi connectivity index (χ0n) is 18.8. The van der Waals surface area contributed by atoms with Crippen molar-refractivity contribution < 1.29 is 37.0 Å². The molecule has 1 unspecified atom stereocenters. The second-order valence-electron chi connectivity index (χ2n) is 6.92. The maximum Gasteiger partial charge on any atom is 2.00 e. The minimum Gasteiger partial charge on any atom is -0.760 e. The van der Waals surface area contributed by atoms with Gasteiger partial charge in [-0.25, -0.2) is 13.6 Å². The van der Waals surface area contributed by atoms with Crippen LogP contribution in [0.1, 0.15) is 25.7 Å². The van der Waals surface area contributed by atoms with Gasteiger partial charge in [-0.3, -0.25) is 13.8 Å². The van der Waals surface area contributed by atoms with Crippen LogP contribution in [0.2, 0.25) is 0 Å². The van der Waals surface area contributed by atoms with Crippen molar-refractivity contribution in [1.82, 2.24) is 0 Å². The van der Waals surface area contributed by atoms with Crippen molar-refractivity contribution >= 4 is 92.2 Å². The van der Waals surface area contributed by atoms with Gasteiger partial charge in [-0.15, -0.1) is 0 Å². The Morgan fingerprint density at radius 2 is 1.26 bits per heavy atom. The van der Waals surface area contributed by atoms with Crippen LogP contribution in [0.4, 0.5) is 11.4 Å². The van der Waals surface area contributed by atoms with Gasteiger partial charge in [0, 0.05) is 51.8 Å². The summed E-state index contributed by atoms with van der Waals surface area (Å²) < 4.78 is 50.5. The van der Waals surface area contributed by atoms with E-state index in [1.54, 1.807) is 12.1 Å². The van der Waals surface area contributed by atoms with E-state index in [-0.39, 0.29) is 71.5 Å². The Kier molecular flexibility index (Phi) is 15.4. The van der Waals surface area contributed by atoms with Gasteiger partial charge in [-0.05, 0) is 67.8 Å². The van der Waals surface area contributed by atoms with Crippen molar-refractivity contribution in [3.05, 3.63) is 48.5 Å². The minimum atomic E-state index is -3.92. The molecule has 2 aromatic rings. The van der Waals surface area contributed by atoms with Crippen molar-refractivity contribution in [2.75, 3.05) is 23.7 Å². The number of carboxylic acid groups (broad SMARTS) is 2. The van der Waals surface area contributed by atoms with E-state index < -0.39 is 32.0 Å². The summed E-state index contributed by atoms with van der Waals surface area (Å²) in [5.74, 6) is -1.93. The monoisotopic (exact) mass is 652 g/mol. The van der Waals surface area contributed by atoms with Gasteiger partial charge >= 0.3 is 54.9 Å². The molecule has 1 atom stereocenters. The van der Waals surface area contributed by atoms with Gasteiger partial charge in [0.1, 0.15) is 0 Å². The number of benzene rings is 2. The number of aliphatic carboxylic acids is 2.